The molecule has 3 N–H and O–H groups in total. The van der Waals surface area contributed by atoms with Gasteiger partial charge in [0.15, 0.2) is 5.96 Å². The summed E-state index contributed by atoms with van der Waals surface area (Å²) in [5, 5.41) is 10.0. The van der Waals surface area contributed by atoms with Crippen LogP contribution >= 0.6 is 0 Å². The van der Waals surface area contributed by atoms with Gasteiger partial charge in [-0.3, -0.25) is 4.99 Å². The average Bonchev–Trinajstić information content (AvgIpc) is 2.54. The van der Waals surface area contributed by atoms with Gasteiger partial charge >= 0.3 is 6.09 Å². The minimum absolute atomic E-state index is 0.205. The molecule has 1 heterocycles. The molecule has 1 aliphatic heterocycles. The largest absolute Gasteiger partial charge is 0.444 e. The molecule has 0 aliphatic carbocycles. The topological polar surface area (TPSA) is 78.0 Å². The molecule has 0 saturated carbocycles. The van der Waals surface area contributed by atoms with E-state index in [1.165, 1.54) is 0 Å². The van der Waals surface area contributed by atoms with Crippen LogP contribution in [0.4, 0.5) is 10.5 Å². The van der Waals surface area contributed by atoms with Crippen molar-refractivity contribution in [1.82, 2.24) is 15.5 Å². The standard InChI is InChI=1S/C19H31N5O2/c1-19(2,3)26-18(25)24-13-16(14-24)23-17(20-4)22-12-8-11-21-15-9-6-5-7-10-15/h5-7,9-10,16,21H,8,11-14H2,1-4H3,(H2,20,22,23). The number of nitrogens with zero attached hydrogens (tertiary/aromatic N) is 2. The molecule has 144 valence electrons. The molecule has 1 fully saturated rings. The summed E-state index contributed by atoms with van der Waals surface area (Å²) in [6.45, 7) is 8.60. The third-order valence-corrected chi connectivity index (χ3v) is 3.85. The summed E-state index contributed by atoms with van der Waals surface area (Å²) in [6.07, 6.45) is 0.718. The zero-order valence-corrected chi connectivity index (χ0v) is 16.2. The number of ether oxygens (including phenoxy) is 1. The number of rotatable bonds is 6. The van der Waals surface area contributed by atoms with Gasteiger partial charge in [0, 0.05) is 38.9 Å². The van der Waals surface area contributed by atoms with Crippen molar-refractivity contribution in [2.75, 3.05) is 38.5 Å². The fourth-order valence-electron chi connectivity index (χ4n) is 2.52. The van der Waals surface area contributed by atoms with Crippen LogP contribution in [0.1, 0.15) is 27.2 Å². The van der Waals surface area contributed by atoms with E-state index in [1.54, 1.807) is 11.9 Å². The van der Waals surface area contributed by atoms with Gasteiger partial charge in [-0.2, -0.15) is 0 Å². The molecular formula is C19H31N5O2. The number of carbonyl (C=O) groups is 1. The molecule has 0 aromatic heterocycles. The average molecular weight is 361 g/mol. The number of aliphatic imine (C=N–C) groups is 1. The normalized spacial score (nSPS) is 15.2. The van der Waals surface area contributed by atoms with Crippen LogP contribution < -0.4 is 16.0 Å². The summed E-state index contributed by atoms with van der Waals surface area (Å²) >= 11 is 0. The van der Waals surface area contributed by atoms with Gasteiger partial charge in [0.1, 0.15) is 5.60 Å². The molecule has 7 heteroatoms. The van der Waals surface area contributed by atoms with Gasteiger partial charge in [-0.05, 0) is 39.3 Å². The Balaban J connectivity index is 1.58. The second-order valence-corrected chi connectivity index (χ2v) is 7.37. The zero-order chi connectivity index (χ0) is 19.0. The number of hydrogen-bond donors (Lipinski definition) is 3. The Kier molecular flexibility index (Phi) is 7.12. The van der Waals surface area contributed by atoms with E-state index in [1.807, 2.05) is 39.0 Å². The van der Waals surface area contributed by atoms with Crippen LogP contribution in [-0.4, -0.2) is 61.8 Å². The van der Waals surface area contributed by atoms with Crippen LogP contribution in [0.15, 0.2) is 35.3 Å². The van der Waals surface area contributed by atoms with Crippen LogP contribution in [0.25, 0.3) is 0 Å². The molecule has 0 atom stereocenters. The number of hydrogen-bond acceptors (Lipinski definition) is 4. The first kappa shape index (κ1) is 19.9. The quantitative estimate of drug-likeness (QED) is 0.412. The second kappa shape index (κ2) is 9.31. The van der Waals surface area contributed by atoms with Crippen molar-refractivity contribution in [3.8, 4) is 0 Å². The lowest BCUT2D eigenvalue weighted by Gasteiger charge is -2.40. The molecule has 7 nitrogen and oxygen atoms in total. The van der Waals surface area contributed by atoms with Gasteiger partial charge in [0.25, 0.3) is 0 Å². The number of nitrogens with one attached hydrogen (secondary N) is 3. The molecule has 0 unspecified atom stereocenters. The number of carbonyl (C=O) groups excluding carboxylic acids is 1. The SMILES string of the molecule is CN=C(NCCCNc1ccccc1)NC1CN(C(=O)OC(C)(C)C)C1. The van der Waals surface area contributed by atoms with Crippen LogP contribution in [0.5, 0.6) is 0 Å². The molecule has 0 radical (unpaired) electrons. The summed E-state index contributed by atoms with van der Waals surface area (Å²) in [5.74, 6) is 0.763. The summed E-state index contributed by atoms with van der Waals surface area (Å²) < 4.78 is 5.36. The smallest absolute Gasteiger partial charge is 0.410 e. The van der Waals surface area contributed by atoms with Crippen LogP contribution in [0.2, 0.25) is 0 Å². The Labute approximate surface area is 156 Å². The highest BCUT2D eigenvalue weighted by molar-refractivity contribution is 5.80. The van der Waals surface area contributed by atoms with Crippen molar-refractivity contribution >= 4 is 17.7 Å². The summed E-state index contributed by atoms with van der Waals surface area (Å²) in [6, 6.07) is 10.4. The van der Waals surface area contributed by atoms with E-state index in [-0.39, 0.29) is 12.1 Å². The minimum atomic E-state index is -0.457. The molecule has 1 aromatic carbocycles. The Morgan fingerprint density at radius 1 is 1.23 bits per heavy atom. The predicted molar refractivity (Wildman–Crippen MR) is 106 cm³/mol. The Hall–Kier alpha value is -2.44. The van der Waals surface area contributed by atoms with E-state index >= 15 is 0 Å². The fraction of sp³-hybridized carbons (Fsp3) is 0.579. The van der Waals surface area contributed by atoms with Gasteiger partial charge < -0.3 is 25.6 Å². The molecule has 1 aromatic rings. The van der Waals surface area contributed by atoms with E-state index < -0.39 is 5.60 Å². The second-order valence-electron chi connectivity index (χ2n) is 7.37. The molecule has 2 rings (SSSR count). The minimum Gasteiger partial charge on any atom is -0.444 e. The summed E-state index contributed by atoms with van der Waals surface area (Å²) in [5.41, 5.74) is 0.674. The molecule has 0 bridgehead atoms. The first-order valence-corrected chi connectivity index (χ1v) is 9.11. The lowest BCUT2D eigenvalue weighted by atomic mass is 10.1. The number of para-hydroxylation sites is 1. The molecule has 0 spiro atoms. The zero-order valence-electron chi connectivity index (χ0n) is 16.2. The number of likely N-dealkylation sites (tertiary alicyclic amines) is 1. The van der Waals surface area contributed by atoms with Gasteiger partial charge in [-0.15, -0.1) is 0 Å². The van der Waals surface area contributed by atoms with Crippen molar-refractivity contribution in [2.24, 2.45) is 4.99 Å². The lowest BCUT2D eigenvalue weighted by molar-refractivity contribution is 0.00701. The van der Waals surface area contributed by atoms with E-state index in [2.05, 4.69) is 33.1 Å². The first-order valence-electron chi connectivity index (χ1n) is 9.11. The highest BCUT2D eigenvalue weighted by atomic mass is 16.6. The van der Waals surface area contributed by atoms with E-state index in [4.69, 9.17) is 4.74 Å². The Morgan fingerprint density at radius 3 is 2.54 bits per heavy atom. The van der Waals surface area contributed by atoms with E-state index in [0.29, 0.717) is 13.1 Å². The van der Waals surface area contributed by atoms with Gasteiger partial charge in [-0.1, -0.05) is 18.2 Å². The first-order chi connectivity index (χ1) is 12.4. The summed E-state index contributed by atoms with van der Waals surface area (Å²) in [4.78, 5) is 17.9. The Bertz CT molecular complexity index is 592. The Morgan fingerprint density at radius 2 is 1.92 bits per heavy atom. The molecule has 1 amide bonds. The van der Waals surface area contributed by atoms with Crippen molar-refractivity contribution in [3.05, 3.63) is 30.3 Å². The maximum absolute atomic E-state index is 11.9. The molecule has 1 aliphatic rings. The number of anilines is 1. The van der Waals surface area contributed by atoms with Gasteiger partial charge in [-0.25, -0.2) is 4.79 Å². The van der Waals surface area contributed by atoms with Crippen LogP contribution in [0.3, 0.4) is 0 Å². The highest BCUT2D eigenvalue weighted by Crippen LogP contribution is 2.15. The van der Waals surface area contributed by atoms with Crippen LogP contribution in [0, 0.1) is 0 Å². The van der Waals surface area contributed by atoms with Crippen LogP contribution in [-0.2, 0) is 4.74 Å². The third kappa shape index (κ3) is 6.82. The van der Waals surface area contributed by atoms with E-state index in [0.717, 1.165) is 31.2 Å². The van der Waals surface area contributed by atoms with Gasteiger partial charge in [0.05, 0.1) is 6.04 Å². The maximum Gasteiger partial charge on any atom is 0.410 e. The van der Waals surface area contributed by atoms with Crippen molar-refractivity contribution in [3.63, 3.8) is 0 Å². The monoisotopic (exact) mass is 361 g/mol. The van der Waals surface area contributed by atoms with E-state index in [9.17, 15) is 4.79 Å². The molecule has 26 heavy (non-hydrogen) atoms. The molecule has 1 saturated heterocycles. The van der Waals surface area contributed by atoms with Crippen molar-refractivity contribution in [2.45, 2.75) is 38.8 Å². The maximum atomic E-state index is 11.9. The predicted octanol–water partition coefficient (Wildman–Crippen LogP) is 2.27. The summed E-state index contributed by atoms with van der Waals surface area (Å²) in [7, 11) is 1.75. The highest BCUT2D eigenvalue weighted by Gasteiger charge is 2.34. The van der Waals surface area contributed by atoms with Gasteiger partial charge in [0.2, 0.25) is 0 Å². The number of benzene rings is 1. The lowest BCUT2D eigenvalue weighted by Crippen LogP contribution is -2.63. The molecular weight excluding hydrogens is 330 g/mol. The van der Waals surface area contributed by atoms with Crippen molar-refractivity contribution < 1.29 is 9.53 Å². The number of guanidine groups is 1. The third-order valence-electron chi connectivity index (χ3n) is 3.85. The number of amides is 1. The van der Waals surface area contributed by atoms with Crippen molar-refractivity contribution in [1.29, 1.82) is 0 Å². The fourth-order valence-corrected chi connectivity index (χ4v) is 2.52.